The molecule has 0 spiro atoms. The summed E-state index contributed by atoms with van der Waals surface area (Å²) >= 11 is 0. The maximum atomic E-state index is 10.7. The fraction of sp³-hybridized carbons (Fsp3) is 0.100. The third-order valence-electron chi connectivity index (χ3n) is 1.48. The van der Waals surface area contributed by atoms with Crippen molar-refractivity contribution < 1.29 is 14.3 Å². The van der Waals surface area contributed by atoms with Crippen LogP contribution in [0.4, 0.5) is 4.79 Å². The topological polar surface area (TPSA) is 35.5 Å². The summed E-state index contributed by atoms with van der Waals surface area (Å²) in [7, 11) is 1.26. The van der Waals surface area contributed by atoms with Gasteiger partial charge in [0.25, 0.3) is 0 Å². The van der Waals surface area contributed by atoms with E-state index in [1.807, 2.05) is 0 Å². The minimum atomic E-state index is -0.716. The summed E-state index contributed by atoms with van der Waals surface area (Å²) in [5, 5.41) is 0. The number of rotatable bonds is 2. The van der Waals surface area contributed by atoms with Crippen LogP contribution in [0.3, 0.4) is 0 Å². The van der Waals surface area contributed by atoms with Crippen molar-refractivity contribution in [1.82, 2.24) is 0 Å². The fourth-order valence-electron chi connectivity index (χ4n) is 0.810. The first-order valence-corrected chi connectivity index (χ1v) is 3.74. The van der Waals surface area contributed by atoms with E-state index < -0.39 is 6.16 Å². The molecule has 1 aromatic carbocycles. The fourth-order valence-corrected chi connectivity index (χ4v) is 0.810. The van der Waals surface area contributed by atoms with Gasteiger partial charge in [0.15, 0.2) is 0 Å². The van der Waals surface area contributed by atoms with Crippen LogP contribution in [-0.4, -0.2) is 13.3 Å². The van der Waals surface area contributed by atoms with Gasteiger partial charge in [0.1, 0.15) is 5.75 Å². The van der Waals surface area contributed by atoms with Crippen LogP contribution < -0.4 is 4.74 Å². The number of carbonyl (C=O) groups is 1. The van der Waals surface area contributed by atoms with Crippen LogP contribution in [0.1, 0.15) is 5.56 Å². The van der Waals surface area contributed by atoms with Crippen molar-refractivity contribution in [1.29, 1.82) is 0 Å². The van der Waals surface area contributed by atoms with E-state index in [2.05, 4.69) is 11.3 Å². The highest BCUT2D eigenvalue weighted by atomic mass is 16.7. The molecular formula is C10H10O3. The molecule has 0 aromatic heterocycles. The number of hydrogen-bond donors (Lipinski definition) is 0. The normalized spacial score (nSPS) is 9.00. The first kappa shape index (κ1) is 9.32. The number of methoxy groups -OCH3 is 1. The Kier molecular flexibility index (Phi) is 3.09. The van der Waals surface area contributed by atoms with Crippen LogP contribution in [0, 0.1) is 0 Å². The highest BCUT2D eigenvalue weighted by Crippen LogP contribution is 2.13. The van der Waals surface area contributed by atoms with E-state index in [4.69, 9.17) is 4.74 Å². The minimum Gasteiger partial charge on any atom is -0.437 e. The third-order valence-corrected chi connectivity index (χ3v) is 1.48. The summed E-state index contributed by atoms with van der Waals surface area (Å²) in [6.07, 6.45) is 0.994. The summed E-state index contributed by atoms with van der Waals surface area (Å²) in [4.78, 5) is 10.7. The largest absolute Gasteiger partial charge is 0.513 e. The number of carbonyl (C=O) groups excluding carboxylic acids is 1. The quantitative estimate of drug-likeness (QED) is 0.515. The third kappa shape index (κ3) is 2.63. The molecular weight excluding hydrogens is 168 g/mol. The second-order valence-corrected chi connectivity index (χ2v) is 2.33. The van der Waals surface area contributed by atoms with E-state index in [-0.39, 0.29) is 0 Å². The maximum absolute atomic E-state index is 10.7. The zero-order chi connectivity index (χ0) is 9.68. The van der Waals surface area contributed by atoms with Gasteiger partial charge in [-0.05, 0) is 17.7 Å². The first-order valence-electron chi connectivity index (χ1n) is 3.74. The predicted molar refractivity (Wildman–Crippen MR) is 49.6 cm³/mol. The molecule has 0 atom stereocenters. The highest BCUT2D eigenvalue weighted by Gasteiger charge is 2.01. The van der Waals surface area contributed by atoms with Gasteiger partial charge in [0.2, 0.25) is 0 Å². The van der Waals surface area contributed by atoms with Crippen molar-refractivity contribution in [3.8, 4) is 5.75 Å². The molecule has 0 saturated carbocycles. The molecule has 0 saturated heterocycles. The van der Waals surface area contributed by atoms with Gasteiger partial charge in [0.05, 0.1) is 7.11 Å². The lowest BCUT2D eigenvalue weighted by molar-refractivity contribution is 0.121. The highest BCUT2D eigenvalue weighted by molar-refractivity contribution is 5.63. The van der Waals surface area contributed by atoms with Gasteiger partial charge in [0, 0.05) is 0 Å². The summed E-state index contributed by atoms with van der Waals surface area (Å²) in [5.41, 5.74) is 0.970. The standard InChI is InChI=1S/C10H10O3/c1-3-8-4-6-9(7-5-8)13-10(11)12-2/h3-7H,1H2,2H3. The molecule has 0 heterocycles. The lowest BCUT2D eigenvalue weighted by Gasteiger charge is -2.01. The van der Waals surface area contributed by atoms with E-state index in [0.717, 1.165) is 5.56 Å². The Labute approximate surface area is 76.6 Å². The van der Waals surface area contributed by atoms with Gasteiger partial charge >= 0.3 is 6.16 Å². The summed E-state index contributed by atoms with van der Waals surface area (Å²) in [5.74, 6) is 0.456. The summed E-state index contributed by atoms with van der Waals surface area (Å²) in [6.45, 7) is 3.61. The molecule has 3 heteroatoms. The molecule has 0 bridgehead atoms. The van der Waals surface area contributed by atoms with Crippen LogP contribution in [0.25, 0.3) is 6.08 Å². The molecule has 0 aliphatic rings. The lowest BCUT2D eigenvalue weighted by Crippen LogP contribution is -2.06. The molecule has 1 aromatic rings. The van der Waals surface area contributed by atoms with Crippen molar-refractivity contribution in [3.63, 3.8) is 0 Å². The average Bonchev–Trinajstić information content (AvgIpc) is 2.19. The molecule has 3 nitrogen and oxygen atoms in total. The lowest BCUT2D eigenvalue weighted by atomic mass is 10.2. The summed E-state index contributed by atoms with van der Waals surface area (Å²) in [6, 6.07) is 6.94. The van der Waals surface area contributed by atoms with Crippen molar-refractivity contribution in [2.24, 2.45) is 0 Å². The molecule has 1 rings (SSSR count). The smallest absolute Gasteiger partial charge is 0.437 e. The van der Waals surface area contributed by atoms with E-state index in [1.54, 1.807) is 30.3 Å². The molecule has 0 N–H and O–H groups in total. The second kappa shape index (κ2) is 4.30. The zero-order valence-corrected chi connectivity index (χ0v) is 7.32. The molecule has 0 radical (unpaired) electrons. The monoisotopic (exact) mass is 178 g/mol. The van der Waals surface area contributed by atoms with Gasteiger partial charge in [-0.15, -0.1) is 0 Å². The molecule has 0 unspecified atom stereocenters. The Balaban J connectivity index is 2.69. The Bertz CT molecular complexity index is 300. The van der Waals surface area contributed by atoms with Crippen LogP contribution in [0.15, 0.2) is 30.8 Å². The second-order valence-electron chi connectivity index (χ2n) is 2.33. The molecule has 0 fully saturated rings. The molecule has 0 amide bonds. The summed E-state index contributed by atoms with van der Waals surface area (Å²) < 4.78 is 9.10. The number of hydrogen-bond acceptors (Lipinski definition) is 3. The molecule has 0 aliphatic heterocycles. The van der Waals surface area contributed by atoms with Crippen LogP contribution in [0.5, 0.6) is 5.75 Å². The van der Waals surface area contributed by atoms with E-state index >= 15 is 0 Å². The van der Waals surface area contributed by atoms with E-state index in [9.17, 15) is 4.79 Å². The van der Waals surface area contributed by atoms with Crippen LogP contribution in [0.2, 0.25) is 0 Å². The van der Waals surface area contributed by atoms with Gasteiger partial charge in [-0.3, -0.25) is 0 Å². The van der Waals surface area contributed by atoms with Gasteiger partial charge < -0.3 is 9.47 Å². The number of benzene rings is 1. The molecule has 68 valence electrons. The van der Waals surface area contributed by atoms with Crippen molar-refractivity contribution in [2.75, 3.05) is 7.11 Å². The number of ether oxygens (including phenoxy) is 2. The average molecular weight is 178 g/mol. The molecule has 0 aliphatic carbocycles. The maximum Gasteiger partial charge on any atom is 0.513 e. The van der Waals surface area contributed by atoms with Crippen LogP contribution >= 0.6 is 0 Å². The Morgan fingerprint density at radius 2 is 2.00 bits per heavy atom. The Morgan fingerprint density at radius 3 is 2.46 bits per heavy atom. The van der Waals surface area contributed by atoms with Gasteiger partial charge in [-0.2, -0.15) is 0 Å². The van der Waals surface area contributed by atoms with Crippen LogP contribution in [-0.2, 0) is 4.74 Å². The minimum absolute atomic E-state index is 0.456. The zero-order valence-electron chi connectivity index (χ0n) is 7.32. The molecule has 13 heavy (non-hydrogen) atoms. The Hall–Kier alpha value is -1.77. The van der Waals surface area contributed by atoms with Gasteiger partial charge in [-0.1, -0.05) is 24.8 Å². The van der Waals surface area contributed by atoms with E-state index in [1.165, 1.54) is 7.11 Å². The van der Waals surface area contributed by atoms with Crippen molar-refractivity contribution in [3.05, 3.63) is 36.4 Å². The first-order chi connectivity index (χ1) is 6.26. The predicted octanol–water partition coefficient (Wildman–Crippen LogP) is 2.47. The van der Waals surface area contributed by atoms with E-state index in [0.29, 0.717) is 5.75 Å². The van der Waals surface area contributed by atoms with Crippen molar-refractivity contribution in [2.45, 2.75) is 0 Å². The van der Waals surface area contributed by atoms with Gasteiger partial charge in [-0.25, -0.2) is 4.79 Å². The van der Waals surface area contributed by atoms with Crippen molar-refractivity contribution >= 4 is 12.2 Å². The SMILES string of the molecule is C=Cc1ccc(OC(=O)OC)cc1. The Morgan fingerprint density at radius 1 is 1.38 bits per heavy atom.